The molecule has 2 fully saturated rings. The maximum absolute atomic E-state index is 12.2. The third kappa shape index (κ3) is 4.85. The van der Waals surface area contributed by atoms with E-state index in [1.54, 1.807) is 0 Å². The van der Waals surface area contributed by atoms with Crippen LogP contribution in [-0.2, 0) is 9.47 Å². The van der Waals surface area contributed by atoms with Gasteiger partial charge in [-0.15, -0.1) is 0 Å². The minimum atomic E-state index is -0.469. The molecule has 1 N–H and O–H groups in total. The van der Waals surface area contributed by atoms with Crippen LogP contribution in [0.3, 0.4) is 0 Å². The molecular formula is C28H31N3O4. The Morgan fingerprint density at radius 1 is 1.14 bits per heavy atom. The van der Waals surface area contributed by atoms with E-state index < -0.39 is 6.09 Å². The number of carbonyl (C=O) groups excluding carboxylic acids is 1. The molecular weight excluding hydrogens is 442 g/mol. The zero-order chi connectivity index (χ0) is 24.5. The number of nitriles is 1. The van der Waals surface area contributed by atoms with Crippen molar-refractivity contribution in [3.8, 4) is 23.1 Å². The number of hydrogen-bond acceptors (Lipinski definition) is 5. The normalized spacial score (nSPS) is 18.4. The van der Waals surface area contributed by atoms with Gasteiger partial charge in [-0.2, -0.15) is 5.26 Å². The lowest BCUT2D eigenvalue weighted by Crippen LogP contribution is -2.23. The third-order valence-electron chi connectivity index (χ3n) is 6.83. The number of amides is 1. The summed E-state index contributed by atoms with van der Waals surface area (Å²) in [6.45, 7) is 7.24. The molecule has 35 heavy (non-hydrogen) atoms. The van der Waals surface area contributed by atoms with Crippen molar-refractivity contribution < 1.29 is 19.0 Å². The Balaban J connectivity index is 1.46. The van der Waals surface area contributed by atoms with Gasteiger partial charge in [-0.05, 0) is 55.5 Å². The summed E-state index contributed by atoms with van der Waals surface area (Å²) in [5.74, 6) is 1.05. The van der Waals surface area contributed by atoms with E-state index in [0.29, 0.717) is 23.9 Å². The van der Waals surface area contributed by atoms with Crippen molar-refractivity contribution in [3.05, 3.63) is 48.0 Å². The Bertz CT molecular complexity index is 1260. The minimum absolute atomic E-state index is 0.0713. The Labute approximate surface area is 205 Å². The second-order valence-corrected chi connectivity index (χ2v) is 9.78. The van der Waals surface area contributed by atoms with Gasteiger partial charge in [-0.25, -0.2) is 4.79 Å². The van der Waals surface area contributed by atoms with Crippen LogP contribution < -0.4 is 10.1 Å². The number of fused-ring (bicyclic) bond motifs is 1. The fraction of sp³-hybridized carbons (Fsp3) is 0.429. The zero-order valence-electron chi connectivity index (χ0n) is 20.4. The van der Waals surface area contributed by atoms with Crippen molar-refractivity contribution in [2.75, 3.05) is 18.5 Å². The smallest absolute Gasteiger partial charge is 0.411 e. The second kappa shape index (κ2) is 9.63. The predicted octanol–water partition coefficient (Wildman–Crippen LogP) is 6.28. The lowest BCUT2D eigenvalue weighted by atomic mass is 10.1. The average molecular weight is 474 g/mol. The van der Waals surface area contributed by atoms with Crippen LogP contribution >= 0.6 is 0 Å². The van der Waals surface area contributed by atoms with Crippen molar-refractivity contribution in [1.82, 2.24) is 4.57 Å². The van der Waals surface area contributed by atoms with Gasteiger partial charge in [0.25, 0.3) is 0 Å². The number of ether oxygens (including phenoxy) is 3. The van der Waals surface area contributed by atoms with E-state index in [1.165, 1.54) is 0 Å². The van der Waals surface area contributed by atoms with Gasteiger partial charge in [0.05, 0.1) is 30.0 Å². The molecule has 2 unspecified atom stereocenters. The number of benzene rings is 2. The molecule has 5 rings (SSSR count). The van der Waals surface area contributed by atoms with Crippen LogP contribution in [0.1, 0.15) is 51.6 Å². The molecule has 0 radical (unpaired) electrons. The predicted molar refractivity (Wildman–Crippen MR) is 135 cm³/mol. The second-order valence-electron chi connectivity index (χ2n) is 9.78. The molecule has 2 aromatic carbocycles. The molecule has 2 heterocycles. The van der Waals surface area contributed by atoms with Gasteiger partial charge in [0.15, 0.2) is 0 Å². The maximum Gasteiger partial charge on any atom is 0.411 e. The molecule has 2 aliphatic rings. The molecule has 182 valence electrons. The third-order valence-corrected chi connectivity index (χ3v) is 6.83. The molecule has 1 saturated heterocycles. The summed E-state index contributed by atoms with van der Waals surface area (Å²) in [6, 6.07) is 16.4. The van der Waals surface area contributed by atoms with Gasteiger partial charge in [-0.3, -0.25) is 5.32 Å². The van der Waals surface area contributed by atoms with Crippen molar-refractivity contribution in [2.24, 2.45) is 5.92 Å². The first kappa shape index (κ1) is 23.3. The number of carbonyl (C=O) groups is 1. The number of hydrogen-bond donors (Lipinski definition) is 1. The van der Waals surface area contributed by atoms with Crippen LogP contribution in [0.4, 0.5) is 10.5 Å². The van der Waals surface area contributed by atoms with E-state index in [1.807, 2.05) is 57.2 Å². The van der Waals surface area contributed by atoms with Gasteiger partial charge in [-0.1, -0.05) is 26.0 Å². The summed E-state index contributed by atoms with van der Waals surface area (Å²) in [7, 11) is 0. The van der Waals surface area contributed by atoms with E-state index in [2.05, 4.69) is 22.0 Å². The van der Waals surface area contributed by atoms with E-state index in [4.69, 9.17) is 14.2 Å². The van der Waals surface area contributed by atoms with Gasteiger partial charge in [0.2, 0.25) is 0 Å². The lowest BCUT2D eigenvalue weighted by Gasteiger charge is -2.17. The maximum atomic E-state index is 12.2. The van der Waals surface area contributed by atoms with E-state index in [0.717, 1.165) is 53.8 Å². The molecule has 1 aliphatic carbocycles. The Hall–Kier alpha value is -3.50. The fourth-order valence-corrected chi connectivity index (χ4v) is 4.43. The number of nitrogens with one attached hydrogen (secondary N) is 1. The molecule has 1 aliphatic heterocycles. The van der Waals surface area contributed by atoms with Crippen LogP contribution in [0.2, 0.25) is 0 Å². The first-order valence-corrected chi connectivity index (χ1v) is 12.3. The molecule has 0 bridgehead atoms. The van der Waals surface area contributed by atoms with Gasteiger partial charge in [0.1, 0.15) is 24.0 Å². The van der Waals surface area contributed by atoms with Crippen molar-refractivity contribution in [2.45, 2.75) is 58.3 Å². The lowest BCUT2D eigenvalue weighted by molar-refractivity contribution is 0.0940. The minimum Gasteiger partial charge on any atom is -0.488 e. The Morgan fingerprint density at radius 2 is 1.91 bits per heavy atom. The van der Waals surface area contributed by atoms with Crippen molar-refractivity contribution >= 4 is 22.7 Å². The van der Waals surface area contributed by atoms with E-state index in [9.17, 15) is 10.1 Å². The summed E-state index contributed by atoms with van der Waals surface area (Å²) in [4.78, 5) is 12.2. The molecule has 1 saturated carbocycles. The first-order chi connectivity index (χ1) is 16.9. The SMILES string of the molecule is CC(C)C(C)OC(=O)Nc1ccc(-c2c(C#N)c3ccc(OC4CCOC4)cc3n2C2CC2)cc1. The summed E-state index contributed by atoms with van der Waals surface area (Å²) >= 11 is 0. The molecule has 3 aromatic rings. The quantitative estimate of drug-likeness (QED) is 0.437. The summed E-state index contributed by atoms with van der Waals surface area (Å²) in [6.07, 6.45) is 2.49. The van der Waals surface area contributed by atoms with Crippen molar-refractivity contribution in [3.63, 3.8) is 0 Å². The van der Waals surface area contributed by atoms with Crippen LogP contribution in [0.25, 0.3) is 22.2 Å². The molecule has 2 atom stereocenters. The van der Waals surface area contributed by atoms with E-state index in [-0.39, 0.29) is 18.1 Å². The van der Waals surface area contributed by atoms with Gasteiger partial charge < -0.3 is 18.8 Å². The van der Waals surface area contributed by atoms with Crippen molar-refractivity contribution in [1.29, 1.82) is 5.26 Å². The highest BCUT2D eigenvalue weighted by Crippen LogP contribution is 2.45. The molecule has 1 aromatic heterocycles. The van der Waals surface area contributed by atoms with Gasteiger partial charge in [0, 0.05) is 29.6 Å². The van der Waals surface area contributed by atoms with Crippen LogP contribution in [0.5, 0.6) is 5.75 Å². The standard InChI is InChI=1S/C28H31N3O4/c1-17(2)18(3)34-28(32)30-20-6-4-19(5-7-20)27-25(15-29)24-11-10-22(35-23-12-13-33-16-23)14-26(24)31(27)21-8-9-21/h4-7,10-11,14,17-18,21,23H,8-9,12-13,16H2,1-3H3,(H,30,32). The average Bonchev–Trinajstić information content (AvgIpc) is 3.44. The summed E-state index contributed by atoms with van der Waals surface area (Å²) in [5.41, 5.74) is 4.17. The monoisotopic (exact) mass is 473 g/mol. The Morgan fingerprint density at radius 3 is 2.54 bits per heavy atom. The van der Waals surface area contributed by atoms with Crippen LogP contribution in [0.15, 0.2) is 42.5 Å². The van der Waals surface area contributed by atoms with E-state index >= 15 is 0 Å². The summed E-state index contributed by atoms with van der Waals surface area (Å²) in [5, 5.41) is 13.8. The highest BCUT2D eigenvalue weighted by atomic mass is 16.6. The first-order valence-electron chi connectivity index (χ1n) is 12.3. The topological polar surface area (TPSA) is 85.5 Å². The van der Waals surface area contributed by atoms with Crippen LogP contribution in [-0.4, -0.2) is 36.1 Å². The number of aromatic nitrogens is 1. The highest BCUT2D eigenvalue weighted by Gasteiger charge is 2.31. The molecule has 7 nitrogen and oxygen atoms in total. The fourth-order valence-electron chi connectivity index (χ4n) is 4.43. The molecule has 7 heteroatoms. The van der Waals surface area contributed by atoms with Crippen LogP contribution in [0, 0.1) is 17.2 Å². The number of rotatable bonds is 7. The number of nitrogens with zero attached hydrogens (tertiary/aromatic N) is 2. The zero-order valence-corrected chi connectivity index (χ0v) is 20.4. The highest BCUT2D eigenvalue weighted by molar-refractivity contribution is 5.96. The summed E-state index contributed by atoms with van der Waals surface area (Å²) < 4.78 is 19.3. The van der Waals surface area contributed by atoms with Gasteiger partial charge >= 0.3 is 6.09 Å². The Kier molecular flexibility index (Phi) is 6.40. The largest absolute Gasteiger partial charge is 0.488 e. The molecule has 1 amide bonds. The molecule has 0 spiro atoms. The number of anilines is 1.